The van der Waals surface area contributed by atoms with E-state index in [1.165, 1.54) is 9.47 Å². The maximum absolute atomic E-state index is 12.2. The van der Waals surface area contributed by atoms with Crippen molar-refractivity contribution < 1.29 is 18.8 Å². The Kier molecular flexibility index (Phi) is 5.47. The number of amides is 3. The number of oxazole rings is 1. The number of fused-ring (bicyclic) bond motifs is 1. The van der Waals surface area contributed by atoms with Gasteiger partial charge >= 0.3 is 5.76 Å². The molecule has 1 fully saturated rings. The minimum Gasteiger partial charge on any atom is -0.408 e. The number of nitrogens with zero attached hydrogens (tertiary/aromatic N) is 2. The van der Waals surface area contributed by atoms with Crippen molar-refractivity contribution in [3.8, 4) is 0 Å². The molecule has 1 aliphatic rings. The Morgan fingerprint density at radius 3 is 2.40 bits per heavy atom. The van der Waals surface area contributed by atoms with E-state index >= 15 is 0 Å². The molecule has 154 valence electrons. The number of likely N-dealkylation sites (tertiary alicyclic amines) is 1. The number of benzene rings is 2. The molecule has 0 bridgehead atoms. The molecular weight excluding hydrogens is 386 g/mol. The first-order valence-electron chi connectivity index (χ1n) is 9.81. The number of hydrogen-bond acceptors (Lipinski definition) is 5. The van der Waals surface area contributed by atoms with Crippen LogP contribution in [-0.4, -0.2) is 27.2 Å². The molecule has 1 saturated heterocycles. The van der Waals surface area contributed by atoms with E-state index in [9.17, 15) is 19.2 Å². The van der Waals surface area contributed by atoms with Gasteiger partial charge in [0.15, 0.2) is 5.58 Å². The minimum absolute atomic E-state index is 0.151. The van der Waals surface area contributed by atoms with E-state index in [0.29, 0.717) is 29.8 Å². The summed E-state index contributed by atoms with van der Waals surface area (Å²) >= 11 is 0. The lowest BCUT2D eigenvalue weighted by Gasteiger charge is -2.14. The summed E-state index contributed by atoms with van der Waals surface area (Å²) in [4.78, 5) is 48.8. The zero-order chi connectivity index (χ0) is 21.1. The van der Waals surface area contributed by atoms with E-state index in [1.54, 1.807) is 36.4 Å². The molecule has 4 rings (SSSR count). The summed E-state index contributed by atoms with van der Waals surface area (Å²) in [5, 5.41) is 2.81. The monoisotopic (exact) mass is 407 g/mol. The highest BCUT2D eigenvalue weighted by Crippen LogP contribution is 2.18. The van der Waals surface area contributed by atoms with Crippen molar-refractivity contribution in [1.29, 1.82) is 0 Å². The Balaban J connectivity index is 1.29. The second-order valence-electron chi connectivity index (χ2n) is 7.21. The third kappa shape index (κ3) is 4.17. The predicted molar refractivity (Wildman–Crippen MR) is 110 cm³/mol. The summed E-state index contributed by atoms with van der Waals surface area (Å²) in [6.45, 7) is 0.638. The molecule has 0 unspecified atom stereocenters. The van der Waals surface area contributed by atoms with Crippen LogP contribution in [0.1, 0.15) is 31.2 Å². The van der Waals surface area contributed by atoms with Crippen LogP contribution in [0.3, 0.4) is 0 Å². The topological polar surface area (TPSA) is 102 Å². The van der Waals surface area contributed by atoms with Crippen molar-refractivity contribution in [2.45, 2.75) is 38.8 Å². The molecule has 1 N–H and O–H groups in total. The molecular formula is C22H21N3O5. The number of aryl methyl sites for hydroxylation is 1. The summed E-state index contributed by atoms with van der Waals surface area (Å²) < 4.78 is 6.71. The van der Waals surface area contributed by atoms with Crippen LogP contribution >= 0.6 is 0 Å². The fraction of sp³-hybridized carbons (Fsp3) is 0.273. The number of rotatable bonds is 7. The molecule has 1 aromatic heterocycles. The van der Waals surface area contributed by atoms with Crippen LogP contribution in [-0.2, 0) is 27.5 Å². The van der Waals surface area contributed by atoms with Crippen LogP contribution in [0.5, 0.6) is 0 Å². The number of carbonyl (C=O) groups is 3. The predicted octanol–water partition coefficient (Wildman–Crippen LogP) is 2.66. The van der Waals surface area contributed by atoms with E-state index in [4.69, 9.17) is 4.42 Å². The summed E-state index contributed by atoms with van der Waals surface area (Å²) in [7, 11) is 0. The normalized spacial score (nSPS) is 13.9. The van der Waals surface area contributed by atoms with Crippen LogP contribution in [0.2, 0.25) is 0 Å². The van der Waals surface area contributed by atoms with Gasteiger partial charge in [-0.2, -0.15) is 0 Å². The van der Waals surface area contributed by atoms with Gasteiger partial charge in [-0.1, -0.05) is 24.3 Å². The van der Waals surface area contributed by atoms with Crippen LogP contribution in [0.15, 0.2) is 57.7 Å². The van der Waals surface area contributed by atoms with Crippen LogP contribution < -0.4 is 11.1 Å². The molecule has 0 aliphatic carbocycles. The van der Waals surface area contributed by atoms with E-state index in [0.717, 1.165) is 5.56 Å². The van der Waals surface area contributed by atoms with Gasteiger partial charge in [-0.3, -0.25) is 23.9 Å². The summed E-state index contributed by atoms with van der Waals surface area (Å²) in [6, 6.07) is 14.2. The Morgan fingerprint density at radius 2 is 1.67 bits per heavy atom. The zero-order valence-electron chi connectivity index (χ0n) is 16.3. The second-order valence-corrected chi connectivity index (χ2v) is 7.21. The number of carbonyl (C=O) groups excluding carboxylic acids is 3. The highest BCUT2D eigenvalue weighted by molar-refractivity contribution is 6.01. The van der Waals surface area contributed by atoms with Gasteiger partial charge < -0.3 is 9.73 Å². The van der Waals surface area contributed by atoms with Gasteiger partial charge in [0.25, 0.3) is 0 Å². The number of nitrogens with one attached hydrogen (secondary N) is 1. The molecule has 0 spiro atoms. The van der Waals surface area contributed by atoms with Gasteiger partial charge in [0.1, 0.15) is 0 Å². The van der Waals surface area contributed by atoms with Crippen molar-refractivity contribution in [1.82, 2.24) is 9.47 Å². The first kappa shape index (κ1) is 19.6. The van der Waals surface area contributed by atoms with Gasteiger partial charge in [-0.15, -0.1) is 0 Å². The number of hydrogen-bond donors (Lipinski definition) is 1. The number of anilines is 1. The largest absolute Gasteiger partial charge is 0.419 e. The third-order valence-electron chi connectivity index (χ3n) is 5.09. The van der Waals surface area contributed by atoms with Crippen molar-refractivity contribution in [3.63, 3.8) is 0 Å². The third-order valence-corrected chi connectivity index (χ3v) is 5.09. The zero-order valence-corrected chi connectivity index (χ0v) is 16.3. The van der Waals surface area contributed by atoms with Crippen molar-refractivity contribution in [3.05, 3.63) is 64.6 Å². The number of aromatic nitrogens is 1. The van der Waals surface area contributed by atoms with Crippen molar-refractivity contribution in [2.24, 2.45) is 0 Å². The molecule has 3 amide bonds. The van der Waals surface area contributed by atoms with Gasteiger partial charge in [-0.05, 0) is 36.2 Å². The van der Waals surface area contributed by atoms with Gasteiger partial charge in [0, 0.05) is 31.5 Å². The minimum atomic E-state index is -0.429. The molecule has 0 radical (unpaired) electrons. The van der Waals surface area contributed by atoms with E-state index in [-0.39, 0.29) is 43.5 Å². The molecule has 0 atom stereocenters. The Bertz CT molecular complexity index is 1140. The maximum Gasteiger partial charge on any atom is 0.419 e. The first-order chi connectivity index (χ1) is 14.5. The van der Waals surface area contributed by atoms with Crippen LogP contribution in [0, 0.1) is 0 Å². The summed E-state index contributed by atoms with van der Waals surface area (Å²) in [5.41, 5.74) is 2.70. The fourth-order valence-corrected chi connectivity index (χ4v) is 3.52. The SMILES string of the molecule is O=C(CCCn1c(=O)oc2ccccc21)Nc1ccc(CN2C(=O)CCC2=O)cc1. The first-order valence-corrected chi connectivity index (χ1v) is 9.81. The highest BCUT2D eigenvalue weighted by atomic mass is 16.4. The molecule has 2 heterocycles. The van der Waals surface area contributed by atoms with Crippen LogP contribution in [0.25, 0.3) is 11.1 Å². The average Bonchev–Trinajstić information content (AvgIpc) is 3.22. The van der Waals surface area contributed by atoms with Gasteiger partial charge in [0.2, 0.25) is 17.7 Å². The second kappa shape index (κ2) is 8.36. The highest BCUT2D eigenvalue weighted by Gasteiger charge is 2.28. The lowest BCUT2D eigenvalue weighted by Crippen LogP contribution is -2.28. The lowest BCUT2D eigenvalue weighted by atomic mass is 10.2. The standard InChI is InChI=1S/C22H21N3O5/c26-19(6-3-13-24-17-4-1-2-5-18(17)30-22(24)29)23-16-9-7-15(8-10-16)14-25-20(27)11-12-21(25)28/h1-2,4-5,7-10H,3,6,11-14H2,(H,23,26). The van der Waals surface area contributed by atoms with Gasteiger partial charge in [-0.25, -0.2) is 4.79 Å². The molecule has 1 aliphatic heterocycles. The molecule has 3 aromatic rings. The Hall–Kier alpha value is -3.68. The molecule has 2 aromatic carbocycles. The molecule has 0 saturated carbocycles. The van der Waals surface area contributed by atoms with E-state index < -0.39 is 5.76 Å². The number of para-hydroxylation sites is 2. The lowest BCUT2D eigenvalue weighted by molar-refractivity contribution is -0.139. The Labute approximate surface area is 172 Å². The smallest absolute Gasteiger partial charge is 0.408 e. The Morgan fingerprint density at radius 1 is 0.967 bits per heavy atom. The van der Waals surface area contributed by atoms with Crippen molar-refractivity contribution >= 4 is 34.5 Å². The fourth-order valence-electron chi connectivity index (χ4n) is 3.52. The maximum atomic E-state index is 12.2. The van der Waals surface area contributed by atoms with E-state index in [1.807, 2.05) is 12.1 Å². The van der Waals surface area contributed by atoms with Gasteiger partial charge in [0.05, 0.1) is 12.1 Å². The molecule has 8 nitrogen and oxygen atoms in total. The van der Waals surface area contributed by atoms with E-state index in [2.05, 4.69) is 5.32 Å². The van der Waals surface area contributed by atoms with Crippen LogP contribution in [0.4, 0.5) is 5.69 Å². The summed E-state index contributed by atoms with van der Waals surface area (Å²) in [5.74, 6) is -0.889. The quantitative estimate of drug-likeness (QED) is 0.607. The number of imide groups is 1. The molecule has 8 heteroatoms. The molecule has 30 heavy (non-hydrogen) atoms. The summed E-state index contributed by atoms with van der Waals surface area (Å²) in [6.07, 6.45) is 1.29. The van der Waals surface area contributed by atoms with Crippen molar-refractivity contribution in [2.75, 3.05) is 5.32 Å². The average molecular weight is 407 g/mol.